The zero-order valence-corrected chi connectivity index (χ0v) is 52.9. The number of benzene rings is 8. The van der Waals surface area contributed by atoms with E-state index >= 15 is 0 Å². The molecule has 2 atom stereocenters. The van der Waals surface area contributed by atoms with E-state index in [-0.39, 0.29) is 24.8 Å². The Balaban J connectivity index is 0.000000172. The van der Waals surface area contributed by atoms with Crippen molar-refractivity contribution in [3.8, 4) is 0 Å². The molecule has 0 aromatic heterocycles. The molecule has 0 amide bonds. The van der Waals surface area contributed by atoms with E-state index in [1.54, 1.807) is 0 Å². The van der Waals surface area contributed by atoms with Crippen molar-refractivity contribution in [3.63, 3.8) is 0 Å². The van der Waals surface area contributed by atoms with E-state index in [4.69, 9.17) is 0 Å². The van der Waals surface area contributed by atoms with Gasteiger partial charge < -0.3 is 24.8 Å². The zero-order valence-electron chi connectivity index (χ0n) is 46.5. The third kappa shape index (κ3) is 18.3. The Hall–Kier alpha value is -5.45. The van der Waals surface area contributed by atoms with Gasteiger partial charge in [-0.3, -0.25) is 12.2 Å². The summed E-state index contributed by atoms with van der Waals surface area (Å²) in [6.07, 6.45) is 16.0. The molecule has 0 aliphatic heterocycles. The molecule has 0 fully saturated rings. The van der Waals surface area contributed by atoms with Crippen LogP contribution in [0.1, 0.15) is 77.6 Å². The first-order valence-corrected chi connectivity index (χ1v) is 29.4. The summed E-state index contributed by atoms with van der Waals surface area (Å²) in [6.45, 7) is 17.8. The normalized spacial score (nSPS) is 13.8. The average Bonchev–Trinajstić information content (AvgIpc) is 4.33. The summed E-state index contributed by atoms with van der Waals surface area (Å²) < 4.78 is 2.83. The van der Waals surface area contributed by atoms with Crippen molar-refractivity contribution in [2.45, 2.75) is 55.4 Å². The Labute approximate surface area is 509 Å². The summed E-state index contributed by atoms with van der Waals surface area (Å²) in [5.74, 6) is 3.79. The average molecular weight is 1210 g/mol. The largest absolute Gasteiger partial charge is 0.126 e. The van der Waals surface area contributed by atoms with Crippen molar-refractivity contribution in [3.05, 3.63) is 300 Å². The van der Waals surface area contributed by atoms with Gasteiger partial charge in [-0.2, -0.15) is 12.2 Å². The Bertz CT molecular complexity index is 3100. The minimum Gasteiger partial charge on any atom is -0.126 e. The molecular formula is C74H72Cl2Zr2-2. The van der Waals surface area contributed by atoms with Gasteiger partial charge in [0.1, 0.15) is 0 Å². The molecule has 0 saturated heterocycles. The Morgan fingerprint density at radius 3 is 0.744 bits per heavy atom. The predicted octanol–water partition coefficient (Wildman–Crippen LogP) is 13.5. The van der Waals surface area contributed by atoms with Crippen LogP contribution in [0.4, 0.5) is 0 Å². The van der Waals surface area contributed by atoms with Gasteiger partial charge in [-0.05, 0) is 0 Å². The van der Waals surface area contributed by atoms with Gasteiger partial charge in [0.15, 0.2) is 0 Å². The maximum Gasteiger partial charge on any atom is -0.0771 e. The maximum absolute atomic E-state index is 3.50. The van der Waals surface area contributed by atoms with Crippen LogP contribution in [0.3, 0.4) is 0 Å². The first-order chi connectivity index (χ1) is 36.9. The van der Waals surface area contributed by atoms with E-state index in [9.17, 15) is 0 Å². The molecule has 0 heterocycles. The Morgan fingerprint density at radius 1 is 0.333 bits per heavy atom. The quantitative estimate of drug-likeness (QED) is 0.133. The molecule has 10 aromatic carbocycles. The smallest absolute Gasteiger partial charge is 0.0771 e. The Morgan fingerprint density at radius 2 is 0.551 bits per heavy atom. The molecular weight excluding hydrogens is 1140 g/mol. The molecule has 4 heteroatoms. The van der Waals surface area contributed by atoms with Crippen LogP contribution in [-0.2, 0) is 48.5 Å². The van der Waals surface area contributed by atoms with Crippen molar-refractivity contribution >= 4 is 49.5 Å². The third-order valence-corrected chi connectivity index (χ3v) is 16.4. The number of fused-ring (bicyclic) bond motifs is 6. The molecule has 0 radical (unpaired) electrons. The minimum atomic E-state index is 0. The number of rotatable bonds is 8. The van der Waals surface area contributed by atoms with E-state index in [0.29, 0.717) is 35.5 Å². The van der Waals surface area contributed by atoms with Gasteiger partial charge in [-0.15, -0.1) is 79.5 Å². The van der Waals surface area contributed by atoms with Crippen molar-refractivity contribution in [1.29, 1.82) is 0 Å². The van der Waals surface area contributed by atoms with Crippen LogP contribution >= 0.6 is 0 Å². The van der Waals surface area contributed by atoms with Crippen LogP contribution in [-0.4, -0.2) is 6.41 Å². The van der Waals surface area contributed by atoms with E-state index < -0.39 is 0 Å². The number of allylic oxidation sites excluding steroid dienone is 8. The first kappa shape index (κ1) is 63.4. The van der Waals surface area contributed by atoms with Gasteiger partial charge >= 0.3 is 198 Å². The molecule has 392 valence electrons. The summed E-state index contributed by atoms with van der Waals surface area (Å²) in [5, 5.41) is 10.8. The fourth-order valence-corrected chi connectivity index (χ4v) is 10.7. The fourth-order valence-electron chi connectivity index (χ4n) is 9.05. The molecule has 2 aliphatic rings. The first-order valence-electron chi connectivity index (χ1n) is 27.0. The molecule has 0 bridgehead atoms. The topological polar surface area (TPSA) is 0 Å². The minimum absolute atomic E-state index is 0. The van der Waals surface area contributed by atoms with Gasteiger partial charge in [0, 0.05) is 0 Å². The van der Waals surface area contributed by atoms with Gasteiger partial charge in [0.25, 0.3) is 0 Å². The van der Waals surface area contributed by atoms with E-state index in [1.165, 1.54) is 131 Å². The van der Waals surface area contributed by atoms with Gasteiger partial charge in [0.05, 0.1) is 0 Å². The van der Waals surface area contributed by atoms with Crippen molar-refractivity contribution in [2.75, 3.05) is 0 Å². The van der Waals surface area contributed by atoms with E-state index in [0.717, 1.165) is 0 Å². The molecule has 0 nitrogen and oxygen atoms in total. The molecule has 0 saturated carbocycles. The van der Waals surface area contributed by atoms with Crippen molar-refractivity contribution in [1.82, 2.24) is 0 Å². The second-order valence-electron chi connectivity index (χ2n) is 20.6. The van der Waals surface area contributed by atoms with Crippen LogP contribution < -0.4 is 24.8 Å². The van der Waals surface area contributed by atoms with Crippen LogP contribution in [0.5, 0.6) is 0 Å². The number of hydrogen-bond donors (Lipinski definition) is 0. The van der Waals surface area contributed by atoms with Gasteiger partial charge in [-0.1, -0.05) is 164 Å². The molecule has 10 aromatic rings. The summed E-state index contributed by atoms with van der Waals surface area (Å²) >= 11 is 2.92. The SMILES string of the molecule is CC(C)C1=[C-]C(C(C)C)C=C1.CC(C)C1=[C-]C(C(C)C)C=C1.[Cl-].[Cl-].[Zr+2]=[C](c1ccccc1)c1ccccc1.[Zr+2]=[C](c1ccccc1)c1ccccc1.c1ccc2c(c1)[cH-]c1ccccc12.c1ccc2c(c1)[cH-]c1ccccc12. The molecule has 2 unspecified atom stereocenters. The summed E-state index contributed by atoms with van der Waals surface area (Å²) in [5.41, 5.74) is 8.08. The van der Waals surface area contributed by atoms with Crippen LogP contribution in [0, 0.1) is 47.7 Å². The molecule has 78 heavy (non-hydrogen) atoms. The van der Waals surface area contributed by atoms with Crippen LogP contribution in [0.15, 0.2) is 266 Å². The third-order valence-electron chi connectivity index (χ3n) is 13.6. The van der Waals surface area contributed by atoms with Crippen LogP contribution in [0.2, 0.25) is 0 Å². The fraction of sp³-hybridized carbons (Fsp3) is 0.189. The summed E-state index contributed by atoms with van der Waals surface area (Å²) in [6, 6.07) is 80.8. The maximum atomic E-state index is 3.50. The van der Waals surface area contributed by atoms with E-state index in [1.807, 2.05) is 0 Å². The monoisotopic (exact) mass is 1210 g/mol. The van der Waals surface area contributed by atoms with Crippen molar-refractivity contribution in [2.24, 2.45) is 35.5 Å². The van der Waals surface area contributed by atoms with Gasteiger partial charge in [0.2, 0.25) is 0 Å². The molecule has 0 spiro atoms. The number of halogens is 2. The molecule has 12 rings (SSSR count). The summed E-state index contributed by atoms with van der Waals surface area (Å²) in [4.78, 5) is 0. The summed E-state index contributed by atoms with van der Waals surface area (Å²) in [7, 11) is 0. The second kappa shape index (κ2) is 32.6. The second-order valence-corrected chi connectivity index (χ2v) is 23.1. The van der Waals surface area contributed by atoms with Crippen LogP contribution in [0.25, 0.3) is 43.1 Å². The van der Waals surface area contributed by atoms with Crippen molar-refractivity contribution < 1.29 is 73.3 Å². The predicted molar refractivity (Wildman–Crippen MR) is 324 cm³/mol. The molecule has 0 N–H and O–H groups in total. The zero-order chi connectivity index (χ0) is 53.8. The van der Waals surface area contributed by atoms with E-state index in [2.05, 4.69) is 322 Å². The Kier molecular flexibility index (Phi) is 26.5. The molecule has 2 aliphatic carbocycles. The van der Waals surface area contributed by atoms with Gasteiger partial charge in [-0.25, -0.2) is 23.3 Å². The standard InChI is InChI=1S/2C13H9.2C13H10.2C11H17.2ClH.2Zr/c2*1-3-7-12-10(5-1)9-11-6-2-4-8-13(11)12;2*1-3-7-12(8-4-1)11-13-9-5-2-6-10-13;2*1-8(2)10-5-6-11(7-10)9(3)4;;;;/h2*1-9H;2*1-10H;2*5-6,8-10H,1-4H3;2*1H;;/q2*-1;;;2*-1;;;2*+2/p-2. The number of hydrogen-bond acceptors (Lipinski definition) is 0.